The van der Waals surface area contributed by atoms with Gasteiger partial charge in [-0.2, -0.15) is 0 Å². The highest BCUT2D eigenvalue weighted by Crippen LogP contribution is 2.06. The zero-order chi connectivity index (χ0) is 11.8. The van der Waals surface area contributed by atoms with Crippen LogP contribution in [0.1, 0.15) is 20.8 Å². The summed E-state index contributed by atoms with van der Waals surface area (Å²) in [5, 5.41) is 0. The first-order valence-corrected chi connectivity index (χ1v) is 5.33. The van der Waals surface area contributed by atoms with Crippen LogP contribution in [0.25, 0.3) is 0 Å². The van der Waals surface area contributed by atoms with Crippen LogP contribution in [0.4, 0.5) is 0 Å². The molecule has 0 aliphatic carbocycles. The first-order chi connectivity index (χ1) is 7.02. The third kappa shape index (κ3) is 5.74. The number of hydrogen-bond acceptors (Lipinski definition) is 4. The molecule has 4 heteroatoms. The lowest BCUT2D eigenvalue weighted by atomic mass is 10.1. The standard InChI is InChI=1S/C11H23NO3/c1-9(2)12(6-7-14-4)8-10(3)11(13)15-5/h9-10H,6-8H2,1-5H3. The van der Waals surface area contributed by atoms with Gasteiger partial charge in [-0.05, 0) is 13.8 Å². The molecule has 90 valence electrons. The van der Waals surface area contributed by atoms with E-state index in [-0.39, 0.29) is 11.9 Å². The van der Waals surface area contributed by atoms with Crippen molar-refractivity contribution < 1.29 is 14.3 Å². The summed E-state index contributed by atoms with van der Waals surface area (Å²) in [5.41, 5.74) is 0. The van der Waals surface area contributed by atoms with Crippen LogP contribution in [0.5, 0.6) is 0 Å². The second kappa shape index (κ2) is 7.65. The van der Waals surface area contributed by atoms with E-state index < -0.39 is 0 Å². The van der Waals surface area contributed by atoms with Gasteiger partial charge in [0.15, 0.2) is 0 Å². The fourth-order valence-corrected chi connectivity index (χ4v) is 1.40. The average molecular weight is 217 g/mol. The molecule has 1 unspecified atom stereocenters. The number of carbonyl (C=O) groups excluding carboxylic acids is 1. The summed E-state index contributed by atoms with van der Waals surface area (Å²) in [6, 6.07) is 0.409. The molecule has 0 spiro atoms. The fraction of sp³-hybridized carbons (Fsp3) is 0.909. The van der Waals surface area contributed by atoms with Crippen molar-refractivity contribution in [1.29, 1.82) is 0 Å². The molecule has 0 aromatic carbocycles. The van der Waals surface area contributed by atoms with E-state index in [1.54, 1.807) is 7.11 Å². The van der Waals surface area contributed by atoms with Gasteiger partial charge in [-0.25, -0.2) is 0 Å². The van der Waals surface area contributed by atoms with Crippen LogP contribution in [0.3, 0.4) is 0 Å². The topological polar surface area (TPSA) is 38.8 Å². The molecule has 1 atom stereocenters. The molecule has 0 N–H and O–H groups in total. The van der Waals surface area contributed by atoms with Crippen LogP contribution in [-0.4, -0.2) is 50.8 Å². The highest BCUT2D eigenvalue weighted by atomic mass is 16.5. The molecular formula is C11H23NO3. The Balaban J connectivity index is 4.09. The Bertz CT molecular complexity index is 183. The minimum absolute atomic E-state index is 0.0887. The number of carbonyl (C=O) groups is 1. The van der Waals surface area contributed by atoms with Crippen LogP contribution >= 0.6 is 0 Å². The van der Waals surface area contributed by atoms with Crippen LogP contribution in [0.15, 0.2) is 0 Å². The van der Waals surface area contributed by atoms with Crippen molar-refractivity contribution in [2.45, 2.75) is 26.8 Å². The first-order valence-electron chi connectivity index (χ1n) is 5.33. The van der Waals surface area contributed by atoms with Crippen molar-refractivity contribution >= 4 is 5.97 Å². The highest BCUT2D eigenvalue weighted by Gasteiger charge is 2.18. The van der Waals surface area contributed by atoms with Gasteiger partial charge in [-0.1, -0.05) is 6.92 Å². The molecule has 0 saturated heterocycles. The van der Waals surface area contributed by atoms with Gasteiger partial charge in [0.2, 0.25) is 0 Å². The third-order valence-corrected chi connectivity index (χ3v) is 2.42. The van der Waals surface area contributed by atoms with Gasteiger partial charge >= 0.3 is 5.97 Å². The lowest BCUT2D eigenvalue weighted by molar-refractivity contribution is -0.145. The van der Waals surface area contributed by atoms with Crippen LogP contribution < -0.4 is 0 Å². The molecule has 0 aromatic rings. The van der Waals surface area contributed by atoms with Crippen molar-refractivity contribution in [3.8, 4) is 0 Å². The fourth-order valence-electron chi connectivity index (χ4n) is 1.40. The Kier molecular flexibility index (Phi) is 7.34. The molecule has 0 saturated carbocycles. The predicted octanol–water partition coefficient (Wildman–Crippen LogP) is 1.15. The maximum atomic E-state index is 11.3. The lowest BCUT2D eigenvalue weighted by Gasteiger charge is -2.28. The number of nitrogens with zero attached hydrogens (tertiary/aromatic N) is 1. The second-order valence-corrected chi connectivity index (χ2v) is 4.01. The van der Waals surface area contributed by atoms with Crippen molar-refractivity contribution in [2.24, 2.45) is 5.92 Å². The predicted molar refractivity (Wildman–Crippen MR) is 59.8 cm³/mol. The van der Waals surface area contributed by atoms with Gasteiger partial charge in [0.25, 0.3) is 0 Å². The van der Waals surface area contributed by atoms with Gasteiger partial charge in [-0.15, -0.1) is 0 Å². The Hall–Kier alpha value is -0.610. The van der Waals surface area contributed by atoms with Gasteiger partial charge in [-0.3, -0.25) is 9.69 Å². The molecule has 4 nitrogen and oxygen atoms in total. The van der Waals surface area contributed by atoms with Gasteiger partial charge in [0.05, 0.1) is 19.6 Å². The normalized spacial score (nSPS) is 13.3. The number of esters is 1. The molecule has 0 heterocycles. The molecule has 0 bridgehead atoms. The molecule has 0 aromatic heterocycles. The third-order valence-electron chi connectivity index (χ3n) is 2.42. The minimum atomic E-state index is -0.155. The van der Waals surface area contributed by atoms with E-state index in [4.69, 9.17) is 9.47 Å². The maximum absolute atomic E-state index is 11.3. The zero-order valence-electron chi connectivity index (χ0n) is 10.4. The van der Waals surface area contributed by atoms with E-state index in [9.17, 15) is 4.79 Å². The average Bonchev–Trinajstić information content (AvgIpc) is 2.22. The highest BCUT2D eigenvalue weighted by molar-refractivity contribution is 5.72. The van der Waals surface area contributed by atoms with E-state index in [0.717, 1.165) is 6.54 Å². The summed E-state index contributed by atoms with van der Waals surface area (Å²) >= 11 is 0. The van der Waals surface area contributed by atoms with Crippen LogP contribution in [-0.2, 0) is 14.3 Å². The Morgan fingerprint density at radius 3 is 2.27 bits per heavy atom. The number of rotatable bonds is 7. The van der Waals surface area contributed by atoms with E-state index in [0.29, 0.717) is 19.2 Å². The molecule has 0 amide bonds. The van der Waals surface area contributed by atoms with Gasteiger partial charge < -0.3 is 9.47 Å². The quantitative estimate of drug-likeness (QED) is 0.600. The minimum Gasteiger partial charge on any atom is -0.469 e. The van der Waals surface area contributed by atoms with Crippen LogP contribution in [0, 0.1) is 5.92 Å². The van der Waals surface area contributed by atoms with E-state index in [2.05, 4.69) is 18.7 Å². The Morgan fingerprint density at radius 1 is 1.27 bits per heavy atom. The first kappa shape index (κ1) is 14.4. The zero-order valence-corrected chi connectivity index (χ0v) is 10.4. The van der Waals surface area contributed by atoms with Crippen LogP contribution in [0.2, 0.25) is 0 Å². The van der Waals surface area contributed by atoms with Gasteiger partial charge in [0.1, 0.15) is 0 Å². The molecule has 15 heavy (non-hydrogen) atoms. The molecule has 0 fully saturated rings. The van der Waals surface area contributed by atoms with Crippen molar-refractivity contribution in [2.75, 3.05) is 33.9 Å². The number of ether oxygens (including phenoxy) is 2. The SMILES string of the molecule is COCCN(CC(C)C(=O)OC)C(C)C. The summed E-state index contributed by atoms with van der Waals surface area (Å²) in [5.74, 6) is -0.243. The maximum Gasteiger partial charge on any atom is 0.309 e. The van der Waals surface area contributed by atoms with Crippen molar-refractivity contribution in [3.05, 3.63) is 0 Å². The van der Waals surface area contributed by atoms with E-state index >= 15 is 0 Å². The van der Waals surface area contributed by atoms with Crippen molar-refractivity contribution in [1.82, 2.24) is 4.90 Å². The molecular weight excluding hydrogens is 194 g/mol. The molecule has 0 radical (unpaired) electrons. The Labute approximate surface area is 92.5 Å². The largest absolute Gasteiger partial charge is 0.469 e. The smallest absolute Gasteiger partial charge is 0.309 e. The summed E-state index contributed by atoms with van der Waals surface area (Å²) in [6.45, 7) is 8.35. The molecule has 0 aliphatic heterocycles. The van der Waals surface area contributed by atoms with E-state index in [1.807, 2.05) is 6.92 Å². The summed E-state index contributed by atoms with van der Waals surface area (Å²) < 4.78 is 9.73. The monoisotopic (exact) mass is 217 g/mol. The lowest BCUT2D eigenvalue weighted by Crippen LogP contribution is -2.39. The summed E-state index contributed by atoms with van der Waals surface area (Å²) in [4.78, 5) is 13.5. The Morgan fingerprint density at radius 2 is 1.87 bits per heavy atom. The summed E-state index contributed by atoms with van der Waals surface area (Å²) in [7, 11) is 3.11. The summed E-state index contributed by atoms with van der Waals surface area (Å²) in [6.07, 6.45) is 0. The van der Waals surface area contributed by atoms with Crippen molar-refractivity contribution in [3.63, 3.8) is 0 Å². The van der Waals surface area contributed by atoms with Gasteiger partial charge in [0, 0.05) is 26.2 Å². The molecule has 0 rings (SSSR count). The number of hydrogen-bond donors (Lipinski definition) is 0. The number of methoxy groups -OCH3 is 2. The van der Waals surface area contributed by atoms with E-state index in [1.165, 1.54) is 7.11 Å². The molecule has 0 aliphatic rings. The second-order valence-electron chi connectivity index (χ2n) is 4.01.